The van der Waals surface area contributed by atoms with Gasteiger partial charge in [0.25, 0.3) is 5.91 Å². The van der Waals surface area contributed by atoms with Crippen molar-refractivity contribution in [3.8, 4) is 22.9 Å². The van der Waals surface area contributed by atoms with E-state index in [1.54, 1.807) is 91.9 Å². The number of anilines is 3. The van der Waals surface area contributed by atoms with Crippen molar-refractivity contribution in [1.82, 2.24) is 19.8 Å². The van der Waals surface area contributed by atoms with Crippen molar-refractivity contribution in [1.29, 1.82) is 0 Å². The molecule has 1 amide bonds. The second-order valence-corrected chi connectivity index (χ2v) is 16.2. The molecule has 7 aromatic rings. The highest BCUT2D eigenvalue weighted by molar-refractivity contribution is 7.92. The van der Waals surface area contributed by atoms with Crippen LogP contribution in [0.3, 0.4) is 0 Å². The molecular weight excluding hydrogens is 837 g/mol. The summed E-state index contributed by atoms with van der Waals surface area (Å²) in [6.45, 7) is 3.55. The number of fused-ring (bicyclic) bond motifs is 1. The Morgan fingerprint density at radius 1 is 0.900 bits per heavy atom. The van der Waals surface area contributed by atoms with Gasteiger partial charge in [-0.2, -0.15) is 8.84 Å². The van der Waals surface area contributed by atoms with Crippen molar-refractivity contribution in [3.63, 3.8) is 0 Å². The fraction of sp³-hybridized carbons (Fsp3) is 0.100. The van der Waals surface area contributed by atoms with E-state index in [2.05, 4.69) is 40.2 Å². The van der Waals surface area contributed by atoms with Crippen LogP contribution in [0.5, 0.6) is 11.5 Å². The van der Waals surface area contributed by atoms with Gasteiger partial charge in [-0.15, -0.1) is 15.3 Å². The van der Waals surface area contributed by atoms with E-state index in [0.29, 0.717) is 39.8 Å². The third-order valence-corrected chi connectivity index (χ3v) is 10.1. The molecule has 2 heterocycles. The van der Waals surface area contributed by atoms with Crippen molar-refractivity contribution < 1.29 is 35.5 Å². The largest absolute Gasteiger partial charge is 0.472 e. The minimum atomic E-state index is -3.44. The van der Waals surface area contributed by atoms with Gasteiger partial charge in [0.05, 0.1) is 28.3 Å². The third-order valence-electron chi connectivity index (χ3n) is 8.45. The first-order chi connectivity index (χ1) is 28.7. The topological polar surface area (TPSA) is 211 Å². The lowest BCUT2D eigenvalue weighted by molar-refractivity contribution is -0.120. The van der Waals surface area contributed by atoms with E-state index in [1.165, 1.54) is 28.9 Å². The van der Waals surface area contributed by atoms with Gasteiger partial charge in [0.15, 0.2) is 17.3 Å². The smallest absolute Gasteiger partial charge is 0.316 e. The van der Waals surface area contributed by atoms with E-state index in [9.17, 15) is 22.2 Å². The Balaban J connectivity index is 1.01. The molecule has 0 saturated heterocycles. The molecule has 16 nitrogen and oxygen atoms in total. The van der Waals surface area contributed by atoms with E-state index in [-0.39, 0.29) is 33.5 Å². The van der Waals surface area contributed by atoms with Crippen molar-refractivity contribution in [3.05, 3.63) is 143 Å². The van der Waals surface area contributed by atoms with Gasteiger partial charge in [-0.1, -0.05) is 54.1 Å². The van der Waals surface area contributed by atoms with Crippen LogP contribution < -0.4 is 23.7 Å². The minimum absolute atomic E-state index is 0.0907. The molecule has 0 aliphatic rings. The molecule has 60 heavy (non-hydrogen) atoms. The number of benzene rings is 5. The molecule has 2 aromatic heterocycles. The molecule has 0 bridgehead atoms. The van der Waals surface area contributed by atoms with Crippen molar-refractivity contribution >= 4 is 78.7 Å². The van der Waals surface area contributed by atoms with Crippen LogP contribution in [0, 0.1) is 19.7 Å². The summed E-state index contributed by atoms with van der Waals surface area (Å²) in [5.41, 5.74) is 3.62. The Kier molecular flexibility index (Phi) is 12.0. The molecule has 20 heteroatoms. The molecule has 7 rings (SSSR count). The lowest BCUT2D eigenvalue weighted by atomic mass is 10.1. The van der Waals surface area contributed by atoms with Gasteiger partial charge in [-0.05, 0) is 80.1 Å². The first kappa shape index (κ1) is 41.2. The normalized spacial score (nSPS) is 12.6. The summed E-state index contributed by atoms with van der Waals surface area (Å²) >= 11 is 4.05. The third kappa shape index (κ3) is 10.0. The summed E-state index contributed by atoms with van der Waals surface area (Å²) in [4.78, 5) is 31.6. The Morgan fingerprint density at radius 2 is 1.67 bits per heavy atom. The van der Waals surface area contributed by atoms with E-state index in [4.69, 9.17) is 20.5 Å². The lowest BCUT2D eigenvalue weighted by Crippen LogP contribution is -2.40. The lowest BCUT2D eigenvalue weighted by Gasteiger charge is -2.19. The number of halogens is 2. The van der Waals surface area contributed by atoms with Crippen molar-refractivity contribution in [2.75, 3.05) is 21.0 Å². The summed E-state index contributed by atoms with van der Waals surface area (Å²) in [6, 6.07) is 29.4. The van der Waals surface area contributed by atoms with Crippen LogP contribution in [-0.2, 0) is 26.1 Å². The first-order valence-corrected chi connectivity index (χ1v) is 21.1. The van der Waals surface area contributed by atoms with E-state index in [0.717, 1.165) is 17.9 Å². The molecule has 4 N–H and O–H groups in total. The van der Waals surface area contributed by atoms with E-state index >= 15 is 4.39 Å². The summed E-state index contributed by atoms with van der Waals surface area (Å²) < 4.78 is 69.0. The minimum Gasteiger partial charge on any atom is -0.472 e. The van der Waals surface area contributed by atoms with Gasteiger partial charge in [0.2, 0.25) is 27.6 Å². The molecule has 0 aliphatic heterocycles. The van der Waals surface area contributed by atoms with Crippen molar-refractivity contribution in [2.24, 2.45) is 10.2 Å². The van der Waals surface area contributed by atoms with Gasteiger partial charge < -0.3 is 14.2 Å². The number of ketones is 1. The van der Waals surface area contributed by atoms with Gasteiger partial charge in [-0.25, -0.2) is 17.8 Å². The van der Waals surface area contributed by atoms with Gasteiger partial charge in [0.1, 0.15) is 17.2 Å². The fourth-order valence-electron chi connectivity index (χ4n) is 5.68. The van der Waals surface area contributed by atoms with Crippen LogP contribution in [0.1, 0.15) is 21.6 Å². The molecule has 0 fully saturated rings. The summed E-state index contributed by atoms with van der Waals surface area (Å²) in [7, 11) is -3.44. The highest BCUT2D eigenvalue weighted by atomic mass is 35.5. The SMILES string of the molecule is Cc1ccc(Cl)c(NC(=O)C(Oc2cccc(NS(=O)Oc3ccc(N=Nc4c(C)[nH]n5nc(-c6ccc(NS(C)(=O)=O)cc6)nc45)c(F)c3)c2)C(=O)c2ccccc2)c1. The number of sulfonamides is 1. The zero-order valence-electron chi connectivity index (χ0n) is 31.7. The number of rotatable bonds is 15. The molecule has 306 valence electrons. The van der Waals surface area contributed by atoms with Crippen LogP contribution in [0.2, 0.25) is 5.02 Å². The van der Waals surface area contributed by atoms with E-state index in [1.807, 2.05) is 6.92 Å². The number of aryl methyl sites for hydroxylation is 2. The average Bonchev–Trinajstić information content (AvgIpc) is 3.74. The molecule has 0 radical (unpaired) electrons. The highest BCUT2D eigenvalue weighted by Crippen LogP contribution is 2.31. The number of Topliss-reactive ketones (excluding diaryl/α,β-unsaturated/α-hetero) is 1. The van der Waals surface area contributed by atoms with Crippen LogP contribution in [0.15, 0.2) is 125 Å². The summed E-state index contributed by atoms with van der Waals surface area (Å²) in [5.74, 6) is -1.87. The molecular formula is C40H33ClFN9O7S2. The molecule has 0 saturated carbocycles. The van der Waals surface area contributed by atoms with Crippen LogP contribution in [0.25, 0.3) is 17.0 Å². The Labute approximate surface area is 349 Å². The quantitative estimate of drug-likeness (QED) is 0.0443. The van der Waals surface area contributed by atoms with Crippen molar-refractivity contribution in [2.45, 2.75) is 20.0 Å². The number of azo groups is 1. The number of aromatic nitrogens is 4. The molecule has 2 unspecified atom stereocenters. The fourth-order valence-corrected chi connectivity index (χ4v) is 7.05. The number of hydrogen-bond acceptors (Lipinski definition) is 11. The van der Waals surface area contributed by atoms with Gasteiger partial charge in [0, 0.05) is 28.9 Å². The van der Waals surface area contributed by atoms with Crippen LogP contribution in [0.4, 0.5) is 32.8 Å². The summed E-state index contributed by atoms with van der Waals surface area (Å²) in [5, 5.41) is 18.6. The average molecular weight is 870 g/mol. The number of H-pyrrole nitrogens is 1. The number of carbonyl (C=O) groups is 2. The number of hydrogen-bond donors (Lipinski definition) is 4. The highest BCUT2D eigenvalue weighted by Gasteiger charge is 2.31. The van der Waals surface area contributed by atoms with Gasteiger partial charge in [-0.3, -0.25) is 24.1 Å². The predicted octanol–water partition coefficient (Wildman–Crippen LogP) is 8.26. The first-order valence-electron chi connectivity index (χ1n) is 17.7. The second-order valence-electron chi connectivity index (χ2n) is 13.2. The van der Waals surface area contributed by atoms with Crippen LogP contribution >= 0.6 is 11.6 Å². The molecule has 5 aromatic carbocycles. The predicted molar refractivity (Wildman–Crippen MR) is 225 cm³/mol. The van der Waals surface area contributed by atoms with Gasteiger partial charge >= 0.3 is 11.3 Å². The number of nitrogens with one attached hydrogen (secondary N) is 4. The number of nitrogens with zero attached hydrogens (tertiary/aromatic N) is 5. The Hall–Kier alpha value is -6.96. The molecule has 2 atom stereocenters. The Morgan fingerprint density at radius 3 is 2.40 bits per heavy atom. The van der Waals surface area contributed by atoms with E-state index < -0.39 is 44.9 Å². The maximum absolute atomic E-state index is 15.2. The maximum atomic E-state index is 15.2. The van der Waals surface area contributed by atoms with Crippen LogP contribution in [-0.4, -0.2) is 56.5 Å². The Bertz CT molecular complexity index is 2910. The number of aromatic amines is 1. The zero-order chi connectivity index (χ0) is 42.6. The number of carbonyl (C=O) groups excluding carboxylic acids is 2. The molecule has 0 spiro atoms. The number of amides is 1. The standard InChI is InChI=1S/C40H33ClFN9O7S2/c1-23-12-18-31(41)34(20-23)43-40(53)37(36(52)25-8-5-4-6-9-25)57-29-11-7-10-28(21-29)49-59(54)58-30-17-19-33(32(42)22-30)45-46-35-24(2)47-51-39(35)44-38(48-51)26-13-15-27(16-14-26)50-60(3,55)56/h4-22,37,47,49-50H,1-3H3,(H,43,53). The summed E-state index contributed by atoms with van der Waals surface area (Å²) in [6.07, 6.45) is -0.572. The molecule has 0 aliphatic carbocycles. The maximum Gasteiger partial charge on any atom is 0.316 e. The number of ether oxygens (including phenoxy) is 1. The monoisotopic (exact) mass is 869 g/mol. The second kappa shape index (κ2) is 17.5. The zero-order valence-corrected chi connectivity index (χ0v) is 34.1.